The summed E-state index contributed by atoms with van der Waals surface area (Å²) in [5, 5.41) is 7.24. The molecule has 4 aromatic rings. The number of hydrogen-bond donors (Lipinski definition) is 0. The second-order valence-corrected chi connectivity index (χ2v) is 5.54. The molecule has 0 aliphatic carbocycles. The van der Waals surface area contributed by atoms with E-state index in [1.807, 2.05) is 11.7 Å². The third kappa shape index (κ3) is 1.85. The van der Waals surface area contributed by atoms with Crippen molar-refractivity contribution in [1.82, 2.24) is 14.3 Å². The molecule has 0 unspecified atom stereocenters. The summed E-state index contributed by atoms with van der Waals surface area (Å²) in [5.41, 5.74) is 4.88. The normalized spacial score (nSPS) is 11.5. The van der Waals surface area contributed by atoms with Gasteiger partial charge in [-0.25, -0.2) is 0 Å². The Morgan fingerprint density at radius 3 is 2.62 bits per heavy atom. The number of aromatic nitrogens is 3. The number of hydrogen-bond acceptors (Lipinski definition) is 1. The van der Waals surface area contributed by atoms with Gasteiger partial charge in [-0.1, -0.05) is 30.3 Å². The van der Waals surface area contributed by atoms with Crippen LogP contribution in [0.1, 0.15) is 11.3 Å². The Labute approximate surface area is 123 Å². The zero-order valence-electron chi connectivity index (χ0n) is 12.2. The first-order valence-corrected chi connectivity index (χ1v) is 7.19. The first-order chi connectivity index (χ1) is 10.2. The minimum atomic E-state index is 0.800. The zero-order chi connectivity index (χ0) is 14.4. The van der Waals surface area contributed by atoms with Crippen LogP contribution in [0.5, 0.6) is 0 Å². The van der Waals surface area contributed by atoms with Crippen LogP contribution in [0, 0.1) is 6.92 Å². The third-order valence-corrected chi connectivity index (χ3v) is 4.19. The Balaban J connectivity index is 1.85. The monoisotopic (exact) mass is 275 g/mol. The molecular weight excluding hydrogens is 258 g/mol. The van der Waals surface area contributed by atoms with E-state index in [2.05, 4.69) is 71.3 Å². The molecule has 3 nitrogen and oxygen atoms in total. The van der Waals surface area contributed by atoms with Gasteiger partial charge in [0.25, 0.3) is 0 Å². The summed E-state index contributed by atoms with van der Waals surface area (Å²) >= 11 is 0. The van der Waals surface area contributed by atoms with Crippen LogP contribution < -0.4 is 0 Å². The summed E-state index contributed by atoms with van der Waals surface area (Å²) in [6.45, 7) is 2.96. The maximum Gasteiger partial charge on any atom is 0.0900 e. The van der Waals surface area contributed by atoms with Crippen LogP contribution in [0.4, 0.5) is 0 Å². The van der Waals surface area contributed by atoms with Gasteiger partial charge in [0.1, 0.15) is 0 Å². The highest BCUT2D eigenvalue weighted by atomic mass is 15.3. The molecule has 0 N–H and O–H groups in total. The van der Waals surface area contributed by atoms with Crippen molar-refractivity contribution in [1.29, 1.82) is 0 Å². The number of aryl methyl sites for hydroxylation is 2. The van der Waals surface area contributed by atoms with Gasteiger partial charge < -0.3 is 4.57 Å². The van der Waals surface area contributed by atoms with Gasteiger partial charge in [0.05, 0.1) is 17.8 Å². The van der Waals surface area contributed by atoms with Crippen LogP contribution in [0.25, 0.3) is 21.8 Å². The Kier molecular flexibility index (Phi) is 2.61. The quantitative estimate of drug-likeness (QED) is 0.544. The smallest absolute Gasteiger partial charge is 0.0900 e. The first kappa shape index (κ1) is 12.2. The molecule has 0 fully saturated rings. The van der Waals surface area contributed by atoms with E-state index in [4.69, 9.17) is 0 Å². The molecule has 0 aliphatic heterocycles. The fourth-order valence-electron chi connectivity index (χ4n) is 3.08. The molecule has 21 heavy (non-hydrogen) atoms. The van der Waals surface area contributed by atoms with Crippen LogP contribution in [0.2, 0.25) is 0 Å². The SMILES string of the molecule is Cc1cccc2c1ccn2Cc1nn(C)c2ccccc12. The average Bonchev–Trinajstić information content (AvgIpc) is 3.04. The molecule has 104 valence electrons. The van der Waals surface area contributed by atoms with E-state index in [0.717, 1.165) is 12.2 Å². The van der Waals surface area contributed by atoms with Gasteiger partial charge in [-0.3, -0.25) is 4.68 Å². The topological polar surface area (TPSA) is 22.8 Å². The van der Waals surface area contributed by atoms with Crippen molar-refractivity contribution < 1.29 is 0 Å². The van der Waals surface area contributed by atoms with Crippen LogP contribution in [0.15, 0.2) is 54.7 Å². The fourth-order valence-corrected chi connectivity index (χ4v) is 3.08. The highest BCUT2D eigenvalue weighted by Crippen LogP contribution is 2.23. The predicted molar refractivity (Wildman–Crippen MR) is 86.5 cm³/mol. The van der Waals surface area contributed by atoms with Gasteiger partial charge in [-0.15, -0.1) is 0 Å². The Morgan fingerprint density at radius 1 is 0.905 bits per heavy atom. The maximum atomic E-state index is 4.69. The number of nitrogens with zero attached hydrogens (tertiary/aromatic N) is 3. The van der Waals surface area contributed by atoms with E-state index >= 15 is 0 Å². The van der Waals surface area contributed by atoms with Crippen LogP contribution in [-0.4, -0.2) is 14.3 Å². The molecule has 0 saturated carbocycles. The maximum absolute atomic E-state index is 4.69. The molecule has 3 heteroatoms. The minimum absolute atomic E-state index is 0.800. The minimum Gasteiger partial charge on any atom is -0.341 e. The lowest BCUT2D eigenvalue weighted by Gasteiger charge is -2.04. The summed E-state index contributed by atoms with van der Waals surface area (Å²) < 4.78 is 4.23. The summed E-state index contributed by atoms with van der Waals surface area (Å²) in [5.74, 6) is 0. The average molecular weight is 275 g/mol. The number of para-hydroxylation sites is 1. The molecule has 0 aliphatic rings. The van der Waals surface area contributed by atoms with Gasteiger partial charge in [0, 0.05) is 29.5 Å². The Morgan fingerprint density at radius 2 is 1.71 bits per heavy atom. The molecule has 2 aromatic carbocycles. The molecule has 2 heterocycles. The molecule has 0 radical (unpaired) electrons. The number of benzene rings is 2. The zero-order valence-corrected chi connectivity index (χ0v) is 12.2. The summed E-state index contributed by atoms with van der Waals surface area (Å²) in [7, 11) is 2.00. The van der Waals surface area contributed by atoms with E-state index in [0.29, 0.717) is 0 Å². The van der Waals surface area contributed by atoms with Gasteiger partial charge in [0.2, 0.25) is 0 Å². The summed E-state index contributed by atoms with van der Waals surface area (Å²) in [6, 6.07) is 17.0. The third-order valence-electron chi connectivity index (χ3n) is 4.19. The molecule has 0 bridgehead atoms. The van der Waals surface area contributed by atoms with Gasteiger partial charge in [-0.05, 0) is 30.7 Å². The van der Waals surface area contributed by atoms with Crippen LogP contribution in [-0.2, 0) is 13.6 Å². The van der Waals surface area contributed by atoms with E-state index in [1.165, 1.54) is 27.4 Å². The number of rotatable bonds is 2. The van der Waals surface area contributed by atoms with Gasteiger partial charge in [-0.2, -0.15) is 5.10 Å². The van der Waals surface area contributed by atoms with Crippen molar-refractivity contribution in [3.63, 3.8) is 0 Å². The van der Waals surface area contributed by atoms with Crippen LogP contribution in [0.3, 0.4) is 0 Å². The van der Waals surface area contributed by atoms with Gasteiger partial charge in [0.15, 0.2) is 0 Å². The lowest BCUT2D eigenvalue weighted by molar-refractivity contribution is 0.732. The van der Waals surface area contributed by atoms with Crippen molar-refractivity contribution in [2.75, 3.05) is 0 Å². The second-order valence-electron chi connectivity index (χ2n) is 5.54. The molecule has 4 rings (SSSR count). The van der Waals surface area contributed by atoms with Crippen molar-refractivity contribution in [3.05, 3.63) is 66.0 Å². The molecule has 0 saturated heterocycles. The van der Waals surface area contributed by atoms with Crippen molar-refractivity contribution in [3.8, 4) is 0 Å². The first-order valence-electron chi connectivity index (χ1n) is 7.19. The van der Waals surface area contributed by atoms with E-state index < -0.39 is 0 Å². The van der Waals surface area contributed by atoms with Crippen molar-refractivity contribution in [2.45, 2.75) is 13.5 Å². The van der Waals surface area contributed by atoms with E-state index in [9.17, 15) is 0 Å². The fraction of sp³-hybridized carbons (Fsp3) is 0.167. The second kappa shape index (κ2) is 4.48. The van der Waals surface area contributed by atoms with Crippen LogP contribution >= 0.6 is 0 Å². The molecular formula is C18H17N3. The Hall–Kier alpha value is -2.55. The standard InChI is InChI=1S/C18H17N3/c1-13-6-5-9-18-14(13)10-11-21(18)12-16-15-7-3-4-8-17(15)20(2)19-16/h3-11H,12H2,1-2H3. The van der Waals surface area contributed by atoms with E-state index in [-0.39, 0.29) is 0 Å². The van der Waals surface area contributed by atoms with Crippen molar-refractivity contribution >= 4 is 21.8 Å². The molecule has 2 aromatic heterocycles. The highest BCUT2D eigenvalue weighted by molar-refractivity contribution is 5.84. The van der Waals surface area contributed by atoms with Gasteiger partial charge >= 0.3 is 0 Å². The molecule has 0 spiro atoms. The lowest BCUT2D eigenvalue weighted by atomic mass is 10.1. The molecule has 0 atom stereocenters. The summed E-state index contributed by atoms with van der Waals surface area (Å²) in [6.07, 6.45) is 2.15. The Bertz CT molecular complexity index is 944. The summed E-state index contributed by atoms with van der Waals surface area (Å²) in [4.78, 5) is 0. The van der Waals surface area contributed by atoms with Crippen molar-refractivity contribution in [2.24, 2.45) is 7.05 Å². The van der Waals surface area contributed by atoms with E-state index in [1.54, 1.807) is 0 Å². The lowest BCUT2D eigenvalue weighted by Crippen LogP contribution is -2.00. The number of fused-ring (bicyclic) bond motifs is 2. The predicted octanol–water partition coefficient (Wildman–Crippen LogP) is 3.88. The largest absolute Gasteiger partial charge is 0.341 e. The molecule has 0 amide bonds. The highest BCUT2D eigenvalue weighted by Gasteiger charge is 2.10.